The zero-order chi connectivity index (χ0) is 18.4. The van der Waals surface area contributed by atoms with Crippen molar-refractivity contribution in [3.05, 3.63) is 48.3 Å². The van der Waals surface area contributed by atoms with Crippen LogP contribution in [0.2, 0.25) is 0 Å². The van der Waals surface area contributed by atoms with Gasteiger partial charge in [-0.1, -0.05) is 0 Å². The Labute approximate surface area is 168 Å². The van der Waals surface area contributed by atoms with Crippen LogP contribution in [0.4, 0.5) is 10.1 Å². The molecule has 1 aromatic heterocycles. The number of carbonyl (C=O) groups excluding carboxylic acids is 1. The summed E-state index contributed by atoms with van der Waals surface area (Å²) in [5, 5.41) is 6.38. The van der Waals surface area contributed by atoms with Crippen LogP contribution < -0.4 is 10.6 Å². The number of carbonyl (C=O) groups is 1. The molecular weight excluding hydrogens is 381 g/mol. The maximum Gasteiger partial charge on any atom is 0.228 e. The summed E-state index contributed by atoms with van der Waals surface area (Å²) >= 11 is 0. The first-order valence-electron chi connectivity index (χ1n) is 9.31. The van der Waals surface area contributed by atoms with E-state index in [-0.39, 0.29) is 35.5 Å². The van der Waals surface area contributed by atoms with Gasteiger partial charge in [0.1, 0.15) is 11.3 Å². The van der Waals surface area contributed by atoms with Gasteiger partial charge in [0, 0.05) is 23.2 Å². The first kappa shape index (κ1) is 18.9. The van der Waals surface area contributed by atoms with Gasteiger partial charge in [-0.25, -0.2) is 9.37 Å². The molecular formula is C21H21ClFN3O2. The van der Waals surface area contributed by atoms with E-state index in [0.717, 1.165) is 32.4 Å². The van der Waals surface area contributed by atoms with Gasteiger partial charge in [0.15, 0.2) is 5.58 Å². The van der Waals surface area contributed by atoms with E-state index in [4.69, 9.17) is 4.42 Å². The van der Waals surface area contributed by atoms with Crippen molar-refractivity contribution in [2.75, 3.05) is 18.4 Å². The van der Waals surface area contributed by atoms with E-state index in [0.29, 0.717) is 28.2 Å². The van der Waals surface area contributed by atoms with Gasteiger partial charge < -0.3 is 15.1 Å². The Morgan fingerprint density at radius 1 is 1.18 bits per heavy atom. The fourth-order valence-corrected chi connectivity index (χ4v) is 4.14. The summed E-state index contributed by atoms with van der Waals surface area (Å²) in [7, 11) is 0. The number of aromatic nitrogens is 1. The van der Waals surface area contributed by atoms with Gasteiger partial charge in [-0.05, 0) is 74.2 Å². The number of nitrogens with one attached hydrogen (secondary N) is 2. The van der Waals surface area contributed by atoms with E-state index in [1.54, 1.807) is 18.2 Å². The van der Waals surface area contributed by atoms with Gasteiger partial charge in [-0.3, -0.25) is 4.79 Å². The molecule has 2 aromatic carbocycles. The first-order chi connectivity index (χ1) is 13.1. The third-order valence-electron chi connectivity index (χ3n) is 5.85. The van der Waals surface area contributed by atoms with E-state index < -0.39 is 0 Å². The molecule has 3 aromatic rings. The Morgan fingerprint density at radius 2 is 1.93 bits per heavy atom. The third-order valence-corrected chi connectivity index (χ3v) is 5.85. The Hall–Kier alpha value is -2.44. The van der Waals surface area contributed by atoms with E-state index in [9.17, 15) is 9.18 Å². The molecule has 0 bridgehead atoms. The molecule has 146 valence electrons. The number of oxazole rings is 1. The van der Waals surface area contributed by atoms with Crippen LogP contribution in [-0.2, 0) is 4.79 Å². The molecule has 1 unspecified atom stereocenters. The van der Waals surface area contributed by atoms with Crippen LogP contribution in [-0.4, -0.2) is 24.0 Å². The predicted octanol–water partition coefficient (Wildman–Crippen LogP) is 4.38. The summed E-state index contributed by atoms with van der Waals surface area (Å²) in [6, 6.07) is 11.5. The van der Waals surface area contributed by atoms with E-state index >= 15 is 0 Å². The number of fused-ring (bicyclic) bond motifs is 1. The van der Waals surface area contributed by atoms with Gasteiger partial charge in [0.2, 0.25) is 11.8 Å². The standard InChI is InChI=1S/C21H20FN3O2.ClH/c22-14-3-1-13(2-4-14)20-25-17-6-5-15(11-18(17)27-20)24-19(26)16-12-21(16)7-9-23-10-8-21;/h1-6,11,16,23H,7-10,12H2,(H,24,26);1H. The summed E-state index contributed by atoms with van der Waals surface area (Å²) in [5.74, 6) is 0.338. The molecule has 1 atom stereocenters. The number of piperidine rings is 1. The second-order valence-corrected chi connectivity index (χ2v) is 7.57. The summed E-state index contributed by atoms with van der Waals surface area (Å²) < 4.78 is 18.9. The second-order valence-electron chi connectivity index (χ2n) is 7.57. The Morgan fingerprint density at radius 3 is 2.68 bits per heavy atom. The number of benzene rings is 2. The van der Waals surface area contributed by atoms with Crippen LogP contribution in [0.15, 0.2) is 46.9 Å². The van der Waals surface area contributed by atoms with Crippen LogP contribution in [0, 0.1) is 17.2 Å². The number of anilines is 1. The molecule has 1 spiro atoms. The van der Waals surface area contributed by atoms with Gasteiger partial charge >= 0.3 is 0 Å². The van der Waals surface area contributed by atoms with E-state index in [1.807, 2.05) is 12.1 Å². The molecule has 1 saturated heterocycles. The average Bonchev–Trinajstić information content (AvgIpc) is 3.19. The van der Waals surface area contributed by atoms with Crippen LogP contribution in [0.5, 0.6) is 0 Å². The number of hydrogen-bond acceptors (Lipinski definition) is 4. The number of amides is 1. The van der Waals surface area contributed by atoms with Crippen molar-refractivity contribution in [1.29, 1.82) is 0 Å². The van der Waals surface area contributed by atoms with Crippen LogP contribution in [0.1, 0.15) is 19.3 Å². The Bertz CT molecular complexity index is 1010. The molecule has 2 N–H and O–H groups in total. The lowest BCUT2D eigenvalue weighted by atomic mass is 9.92. The fourth-order valence-electron chi connectivity index (χ4n) is 4.14. The first-order valence-corrected chi connectivity index (χ1v) is 9.31. The minimum absolute atomic E-state index is 0. The highest BCUT2D eigenvalue weighted by molar-refractivity contribution is 5.96. The van der Waals surface area contributed by atoms with Gasteiger partial charge in [0.05, 0.1) is 0 Å². The largest absolute Gasteiger partial charge is 0.436 e. The molecule has 2 aliphatic rings. The van der Waals surface area contributed by atoms with Crippen molar-refractivity contribution in [2.24, 2.45) is 11.3 Å². The van der Waals surface area contributed by atoms with Crippen molar-refractivity contribution in [3.63, 3.8) is 0 Å². The van der Waals surface area contributed by atoms with Crippen molar-refractivity contribution in [2.45, 2.75) is 19.3 Å². The lowest BCUT2D eigenvalue weighted by Gasteiger charge is -2.23. The molecule has 1 amide bonds. The molecule has 0 radical (unpaired) electrons. The topological polar surface area (TPSA) is 67.2 Å². The quantitative estimate of drug-likeness (QED) is 0.683. The molecule has 7 heteroatoms. The fraction of sp³-hybridized carbons (Fsp3) is 0.333. The molecule has 28 heavy (non-hydrogen) atoms. The highest BCUT2D eigenvalue weighted by Gasteiger charge is 2.57. The Balaban J connectivity index is 0.00000192. The van der Waals surface area contributed by atoms with Crippen LogP contribution in [0.3, 0.4) is 0 Å². The monoisotopic (exact) mass is 401 g/mol. The predicted molar refractivity (Wildman–Crippen MR) is 108 cm³/mol. The van der Waals surface area contributed by atoms with Gasteiger partial charge in [-0.2, -0.15) is 0 Å². The molecule has 2 fully saturated rings. The third kappa shape index (κ3) is 3.38. The number of nitrogens with zero attached hydrogens (tertiary/aromatic N) is 1. The average molecular weight is 402 g/mol. The summed E-state index contributed by atoms with van der Waals surface area (Å²) in [6.45, 7) is 2.00. The van der Waals surface area contributed by atoms with Gasteiger partial charge in [-0.15, -0.1) is 12.4 Å². The zero-order valence-electron chi connectivity index (χ0n) is 15.2. The van der Waals surface area contributed by atoms with E-state index in [1.165, 1.54) is 12.1 Å². The summed E-state index contributed by atoms with van der Waals surface area (Å²) in [5.41, 5.74) is 2.93. The maximum absolute atomic E-state index is 13.1. The van der Waals surface area contributed by atoms with Crippen molar-refractivity contribution in [3.8, 4) is 11.5 Å². The number of halogens is 2. The minimum atomic E-state index is -0.300. The normalized spacial score (nSPS) is 20.0. The highest BCUT2D eigenvalue weighted by atomic mass is 35.5. The second kappa shape index (κ2) is 7.18. The lowest BCUT2D eigenvalue weighted by molar-refractivity contribution is -0.118. The molecule has 1 saturated carbocycles. The lowest BCUT2D eigenvalue weighted by Crippen LogP contribution is -2.31. The van der Waals surface area contributed by atoms with Crippen LogP contribution in [0.25, 0.3) is 22.6 Å². The maximum atomic E-state index is 13.1. The number of rotatable bonds is 3. The number of hydrogen-bond donors (Lipinski definition) is 2. The zero-order valence-corrected chi connectivity index (χ0v) is 16.0. The smallest absolute Gasteiger partial charge is 0.228 e. The highest BCUT2D eigenvalue weighted by Crippen LogP contribution is 2.58. The van der Waals surface area contributed by atoms with Gasteiger partial charge in [0.25, 0.3) is 0 Å². The SMILES string of the molecule is Cl.O=C(Nc1ccc2nc(-c3ccc(F)cc3)oc2c1)C1CC12CCNCC2. The van der Waals surface area contributed by atoms with Crippen molar-refractivity contribution in [1.82, 2.24) is 10.3 Å². The van der Waals surface area contributed by atoms with E-state index in [2.05, 4.69) is 15.6 Å². The van der Waals surface area contributed by atoms with Crippen molar-refractivity contribution >= 4 is 35.1 Å². The Kier molecular flexibility index (Phi) is 4.85. The van der Waals surface area contributed by atoms with Crippen molar-refractivity contribution < 1.29 is 13.6 Å². The molecule has 5 nitrogen and oxygen atoms in total. The molecule has 1 aliphatic carbocycles. The molecule has 2 heterocycles. The van der Waals surface area contributed by atoms with Crippen LogP contribution >= 0.6 is 12.4 Å². The summed E-state index contributed by atoms with van der Waals surface area (Å²) in [6.07, 6.45) is 3.14. The molecule has 1 aliphatic heterocycles. The molecule has 5 rings (SSSR count). The minimum Gasteiger partial charge on any atom is -0.436 e. The summed E-state index contributed by atoms with van der Waals surface area (Å²) in [4.78, 5) is 17.1.